The molecule has 144 valence electrons. The van der Waals surface area contributed by atoms with E-state index in [9.17, 15) is 4.79 Å². The van der Waals surface area contributed by atoms with E-state index in [0.717, 1.165) is 28.1 Å². The molecule has 0 atom stereocenters. The fourth-order valence-corrected chi connectivity index (χ4v) is 2.98. The Morgan fingerprint density at radius 2 is 1.83 bits per heavy atom. The molecule has 1 N–H and O–H groups in total. The van der Waals surface area contributed by atoms with Crippen molar-refractivity contribution >= 4 is 6.03 Å². The fraction of sp³-hybridized carbons (Fsp3) is 0.143. The second-order valence-electron chi connectivity index (χ2n) is 6.60. The summed E-state index contributed by atoms with van der Waals surface area (Å²) in [4.78, 5) is 29.5. The molecule has 1 amide bonds. The van der Waals surface area contributed by atoms with Crippen LogP contribution in [0.1, 0.15) is 16.8 Å². The van der Waals surface area contributed by atoms with Crippen molar-refractivity contribution in [2.75, 3.05) is 0 Å². The minimum absolute atomic E-state index is 0.335. The third kappa shape index (κ3) is 4.16. The van der Waals surface area contributed by atoms with Crippen molar-refractivity contribution in [1.29, 1.82) is 0 Å². The van der Waals surface area contributed by atoms with Crippen LogP contribution in [0.4, 0.5) is 4.79 Å². The number of carbonyl (C=O) groups is 1. The second-order valence-corrected chi connectivity index (χ2v) is 6.60. The lowest BCUT2D eigenvalue weighted by atomic mass is 10.1. The molecule has 0 fully saturated rings. The van der Waals surface area contributed by atoms with Crippen LogP contribution in [0.25, 0.3) is 22.6 Å². The Labute approximate surface area is 167 Å². The van der Waals surface area contributed by atoms with E-state index >= 15 is 0 Å². The predicted octanol–water partition coefficient (Wildman–Crippen LogP) is 3.17. The molecule has 0 aromatic carbocycles. The number of hydrogen-bond acceptors (Lipinski definition) is 6. The molecular formula is C21H19N7O. The molecule has 8 nitrogen and oxygen atoms in total. The van der Waals surface area contributed by atoms with Crippen LogP contribution >= 0.6 is 0 Å². The molecule has 0 unspecified atom stereocenters. The Balaban J connectivity index is 1.43. The summed E-state index contributed by atoms with van der Waals surface area (Å²) in [5.74, 6) is 0.522. The van der Waals surface area contributed by atoms with Crippen LogP contribution in [0.3, 0.4) is 0 Å². The van der Waals surface area contributed by atoms with E-state index in [1.54, 1.807) is 43.2 Å². The number of aryl methyl sites for hydroxylation is 2. The number of amides is 1. The van der Waals surface area contributed by atoms with Gasteiger partial charge in [-0.3, -0.25) is 9.97 Å². The largest absolute Gasteiger partial charge is 0.342 e. The van der Waals surface area contributed by atoms with Crippen molar-refractivity contribution in [3.63, 3.8) is 0 Å². The van der Waals surface area contributed by atoms with Crippen LogP contribution in [-0.2, 0) is 6.54 Å². The Hall–Kier alpha value is -3.94. The van der Waals surface area contributed by atoms with Crippen molar-refractivity contribution in [2.24, 2.45) is 0 Å². The number of rotatable bonds is 4. The molecule has 8 heteroatoms. The van der Waals surface area contributed by atoms with Crippen LogP contribution in [0, 0.1) is 13.8 Å². The number of nitrogens with one attached hydrogen (secondary N) is 1. The number of hydrogen-bond donors (Lipinski definition) is 1. The summed E-state index contributed by atoms with van der Waals surface area (Å²) in [5, 5.41) is 6.93. The van der Waals surface area contributed by atoms with Gasteiger partial charge < -0.3 is 5.32 Å². The van der Waals surface area contributed by atoms with Crippen molar-refractivity contribution in [1.82, 2.24) is 35.0 Å². The molecule has 4 aromatic heterocycles. The molecule has 0 saturated carbocycles. The van der Waals surface area contributed by atoms with Crippen molar-refractivity contribution in [3.8, 4) is 22.6 Å². The molecular weight excluding hydrogens is 366 g/mol. The van der Waals surface area contributed by atoms with Crippen LogP contribution < -0.4 is 5.32 Å². The minimum atomic E-state index is -0.335. The Morgan fingerprint density at radius 3 is 2.59 bits per heavy atom. The molecule has 4 rings (SSSR count). The van der Waals surface area contributed by atoms with Crippen LogP contribution in [0.5, 0.6) is 0 Å². The van der Waals surface area contributed by atoms with Gasteiger partial charge >= 0.3 is 6.03 Å². The van der Waals surface area contributed by atoms with Gasteiger partial charge in [-0.25, -0.2) is 14.8 Å². The average molecular weight is 385 g/mol. The van der Waals surface area contributed by atoms with Gasteiger partial charge in [0.1, 0.15) is 0 Å². The second kappa shape index (κ2) is 7.97. The van der Waals surface area contributed by atoms with E-state index in [1.165, 1.54) is 4.68 Å². The zero-order chi connectivity index (χ0) is 20.2. The monoisotopic (exact) mass is 385 g/mol. The minimum Gasteiger partial charge on any atom is -0.332 e. The summed E-state index contributed by atoms with van der Waals surface area (Å²) in [5.41, 5.74) is 5.49. The van der Waals surface area contributed by atoms with Gasteiger partial charge in [0.05, 0.1) is 17.5 Å². The van der Waals surface area contributed by atoms with E-state index in [2.05, 4.69) is 30.4 Å². The van der Waals surface area contributed by atoms with Gasteiger partial charge in [-0.2, -0.15) is 9.78 Å². The van der Waals surface area contributed by atoms with Gasteiger partial charge in [0, 0.05) is 48.8 Å². The zero-order valence-corrected chi connectivity index (χ0v) is 16.1. The molecule has 29 heavy (non-hydrogen) atoms. The predicted molar refractivity (Wildman–Crippen MR) is 108 cm³/mol. The number of nitrogens with zero attached hydrogens (tertiary/aromatic N) is 6. The highest BCUT2D eigenvalue weighted by molar-refractivity contribution is 5.76. The standard InChI is InChI=1S/C21H19N7O/c1-14-8-16(10-25-19(14)17-4-7-22-15(2)9-17)11-26-21(29)28-13-18(12-27-28)20-23-5-3-6-24-20/h3-10,12-13H,11H2,1-2H3,(H,26,29). The lowest BCUT2D eigenvalue weighted by Gasteiger charge is -2.09. The molecule has 4 aromatic rings. The number of carbonyl (C=O) groups excluding carboxylic acids is 1. The number of pyridine rings is 2. The average Bonchev–Trinajstić information content (AvgIpc) is 3.23. The van der Waals surface area contributed by atoms with E-state index in [-0.39, 0.29) is 6.03 Å². The van der Waals surface area contributed by atoms with Gasteiger partial charge in [-0.1, -0.05) is 6.07 Å². The summed E-state index contributed by atoms with van der Waals surface area (Å²) in [6.45, 7) is 4.30. The smallest absolute Gasteiger partial charge is 0.332 e. The van der Waals surface area contributed by atoms with Gasteiger partial charge in [-0.05, 0) is 43.2 Å². The molecule has 0 saturated heterocycles. The molecule has 0 radical (unpaired) electrons. The first kappa shape index (κ1) is 18.4. The van der Waals surface area contributed by atoms with Crippen LogP contribution in [-0.4, -0.2) is 35.7 Å². The van der Waals surface area contributed by atoms with Crippen molar-refractivity contribution in [3.05, 3.63) is 78.3 Å². The highest BCUT2D eigenvalue weighted by Gasteiger charge is 2.11. The van der Waals surface area contributed by atoms with Gasteiger partial charge in [0.2, 0.25) is 0 Å². The normalized spacial score (nSPS) is 10.7. The summed E-state index contributed by atoms with van der Waals surface area (Å²) in [6, 6.07) is 7.36. The van der Waals surface area contributed by atoms with E-state index in [0.29, 0.717) is 17.9 Å². The third-order valence-electron chi connectivity index (χ3n) is 4.36. The molecule has 0 aliphatic carbocycles. The summed E-state index contributed by atoms with van der Waals surface area (Å²) >= 11 is 0. The molecule has 0 bridgehead atoms. The molecule has 0 aliphatic heterocycles. The topological polar surface area (TPSA) is 98.5 Å². The summed E-state index contributed by atoms with van der Waals surface area (Å²) < 4.78 is 1.24. The van der Waals surface area contributed by atoms with E-state index in [1.807, 2.05) is 32.0 Å². The highest BCUT2D eigenvalue weighted by atomic mass is 16.2. The quantitative estimate of drug-likeness (QED) is 0.579. The highest BCUT2D eigenvalue weighted by Crippen LogP contribution is 2.21. The summed E-state index contributed by atoms with van der Waals surface area (Å²) in [7, 11) is 0. The fourth-order valence-electron chi connectivity index (χ4n) is 2.98. The van der Waals surface area contributed by atoms with Crippen LogP contribution in [0.2, 0.25) is 0 Å². The Bertz CT molecular complexity index is 1150. The maximum absolute atomic E-state index is 12.4. The van der Waals surface area contributed by atoms with Gasteiger partial charge in [0.15, 0.2) is 5.82 Å². The van der Waals surface area contributed by atoms with Crippen molar-refractivity contribution in [2.45, 2.75) is 20.4 Å². The van der Waals surface area contributed by atoms with Crippen LogP contribution in [0.15, 0.2) is 61.4 Å². The zero-order valence-electron chi connectivity index (χ0n) is 16.1. The SMILES string of the molecule is Cc1cc(-c2ncc(CNC(=O)n3cc(-c4ncccn4)cn3)cc2C)ccn1. The van der Waals surface area contributed by atoms with Crippen molar-refractivity contribution < 1.29 is 4.79 Å². The first-order chi connectivity index (χ1) is 14.1. The lowest BCUT2D eigenvalue weighted by molar-refractivity contribution is 0.239. The lowest BCUT2D eigenvalue weighted by Crippen LogP contribution is -2.28. The van der Waals surface area contributed by atoms with Gasteiger partial charge in [0.25, 0.3) is 0 Å². The van der Waals surface area contributed by atoms with E-state index < -0.39 is 0 Å². The first-order valence-electron chi connectivity index (χ1n) is 9.09. The van der Waals surface area contributed by atoms with Gasteiger partial charge in [-0.15, -0.1) is 0 Å². The number of aromatic nitrogens is 6. The molecule has 0 spiro atoms. The maximum Gasteiger partial charge on any atom is 0.342 e. The van der Waals surface area contributed by atoms with E-state index in [4.69, 9.17) is 0 Å². The molecule has 0 aliphatic rings. The third-order valence-corrected chi connectivity index (χ3v) is 4.36. The Morgan fingerprint density at radius 1 is 1.00 bits per heavy atom. The molecule has 4 heterocycles. The first-order valence-corrected chi connectivity index (χ1v) is 9.09. The summed E-state index contributed by atoms with van der Waals surface area (Å²) in [6.07, 6.45) is 10.00. The maximum atomic E-state index is 12.4. The Kier molecular flexibility index (Phi) is 5.07.